The van der Waals surface area contributed by atoms with E-state index in [0.29, 0.717) is 28.0 Å². The van der Waals surface area contributed by atoms with Gasteiger partial charge in [0.1, 0.15) is 5.75 Å². The van der Waals surface area contributed by atoms with Gasteiger partial charge in [-0.05, 0) is 45.8 Å². The first-order chi connectivity index (χ1) is 10.0. The van der Waals surface area contributed by atoms with E-state index in [1.165, 1.54) is 0 Å². The van der Waals surface area contributed by atoms with Gasteiger partial charge in [0, 0.05) is 11.0 Å². The molecule has 0 aliphatic carbocycles. The highest BCUT2D eigenvalue weighted by Gasteiger charge is 2.12. The minimum Gasteiger partial charge on any atom is -0.497 e. The first kappa shape index (κ1) is 16.4. The maximum atomic E-state index is 10.2. The van der Waals surface area contributed by atoms with Gasteiger partial charge >= 0.3 is 0 Å². The van der Waals surface area contributed by atoms with Gasteiger partial charge in [-0.25, -0.2) is 0 Å². The van der Waals surface area contributed by atoms with Crippen LogP contribution < -0.4 is 10.1 Å². The molecule has 2 aromatic carbocycles. The summed E-state index contributed by atoms with van der Waals surface area (Å²) in [5.41, 5.74) is 1.44. The number of aliphatic hydroxyl groups excluding tert-OH is 1. The molecule has 0 spiro atoms. The smallest absolute Gasteiger partial charge is 0.119 e. The molecule has 112 valence electrons. The summed E-state index contributed by atoms with van der Waals surface area (Å²) in [5.74, 6) is 0.705. The zero-order valence-corrected chi connectivity index (χ0v) is 14.3. The topological polar surface area (TPSA) is 41.5 Å². The van der Waals surface area contributed by atoms with Crippen LogP contribution in [0.25, 0.3) is 0 Å². The van der Waals surface area contributed by atoms with Gasteiger partial charge in [0.2, 0.25) is 0 Å². The predicted molar refractivity (Wildman–Crippen MR) is 90.6 cm³/mol. The number of anilines is 1. The molecule has 0 amide bonds. The van der Waals surface area contributed by atoms with Crippen molar-refractivity contribution in [2.75, 3.05) is 19.0 Å². The van der Waals surface area contributed by atoms with Crippen LogP contribution in [0.3, 0.4) is 0 Å². The van der Waals surface area contributed by atoms with Crippen molar-refractivity contribution in [3.05, 3.63) is 56.5 Å². The predicted octanol–water partition coefficient (Wildman–Crippen LogP) is 4.91. The molecule has 2 aromatic rings. The van der Waals surface area contributed by atoms with Crippen molar-refractivity contribution in [2.45, 2.75) is 6.10 Å². The van der Waals surface area contributed by atoms with Crippen molar-refractivity contribution >= 4 is 44.8 Å². The van der Waals surface area contributed by atoms with E-state index in [0.717, 1.165) is 10.0 Å². The average molecular weight is 391 g/mol. The summed E-state index contributed by atoms with van der Waals surface area (Å²) < 4.78 is 5.87. The van der Waals surface area contributed by atoms with Crippen LogP contribution in [-0.2, 0) is 0 Å². The number of ether oxygens (including phenoxy) is 1. The number of nitrogens with one attached hydrogen (secondary N) is 1. The van der Waals surface area contributed by atoms with E-state index in [1.807, 2.05) is 18.2 Å². The zero-order valence-electron chi connectivity index (χ0n) is 11.2. The van der Waals surface area contributed by atoms with E-state index >= 15 is 0 Å². The van der Waals surface area contributed by atoms with Crippen molar-refractivity contribution in [3.8, 4) is 5.75 Å². The fourth-order valence-electron chi connectivity index (χ4n) is 1.84. The van der Waals surface area contributed by atoms with Crippen molar-refractivity contribution in [3.63, 3.8) is 0 Å². The van der Waals surface area contributed by atoms with Crippen molar-refractivity contribution in [1.29, 1.82) is 0 Å². The van der Waals surface area contributed by atoms with E-state index in [2.05, 4.69) is 21.2 Å². The monoisotopic (exact) mass is 389 g/mol. The molecule has 3 nitrogen and oxygen atoms in total. The van der Waals surface area contributed by atoms with E-state index in [1.54, 1.807) is 25.3 Å². The normalized spacial score (nSPS) is 12.0. The fraction of sp³-hybridized carbons (Fsp3) is 0.200. The molecule has 21 heavy (non-hydrogen) atoms. The van der Waals surface area contributed by atoms with Crippen LogP contribution in [0, 0.1) is 0 Å². The Labute approximate surface area is 142 Å². The molecule has 2 N–H and O–H groups in total. The number of benzene rings is 2. The van der Waals surface area contributed by atoms with E-state index in [4.69, 9.17) is 27.9 Å². The van der Waals surface area contributed by atoms with Crippen LogP contribution in [0.4, 0.5) is 5.69 Å². The van der Waals surface area contributed by atoms with Crippen LogP contribution in [0.15, 0.2) is 40.9 Å². The Morgan fingerprint density at radius 3 is 2.71 bits per heavy atom. The first-order valence-corrected chi connectivity index (χ1v) is 7.77. The number of hydrogen-bond acceptors (Lipinski definition) is 3. The van der Waals surface area contributed by atoms with Gasteiger partial charge in [-0.1, -0.05) is 35.3 Å². The summed E-state index contributed by atoms with van der Waals surface area (Å²) >= 11 is 15.5. The number of aliphatic hydroxyl groups is 1. The zero-order chi connectivity index (χ0) is 15.4. The highest BCUT2D eigenvalue weighted by atomic mass is 79.9. The van der Waals surface area contributed by atoms with Gasteiger partial charge < -0.3 is 15.2 Å². The summed E-state index contributed by atoms with van der Waals surface area (Å²) in [4.78, 5) is 0. The van der Waals surface area contributed by atoms with Gasteiger partial charge in [-0.2, -0.15) is 0 Å². The Bertz CT molecular complexity index is 637. The van der Waals surface area contributed by atoms with Gasteiger partial charge in [0.25, 0.3) is 0 Å². The second-order valence-corrected chi connectivity index (χ2v) is 6.01. The summed E-state index contributed by atoms with van der Waals surface area (Å²) in [6.45, 7) is 0.310. The third-order valence-corrected chi connectivity index (χ3v) is 4.77. The summed E-state index contributed by atoms with van der Waals surface area (Å²) in [6.07, 6.45) is -0.682. The molecule has 0 bridgehead atoms. The standard InChI is InChI=1S/C15H14BrCl2NO2/c1-21-10-4-2-3-9(7-10)13(20)8-19-12-6-5-11(16)14(17)15(12)18/h2-7,13,19-20H,8H2,1H3. The van der Waals surface area contributed by atoms with Gasteiger partial charge in [-0.15, -0.1) is 0 Å². The van der Waals surface area contributed by atoms with Crippen molar-refractivity contribution in [1.82, 2.24) is 0 Å². The highest BCUT2D eigenvalue weighted by molar-refractivity contribution is 9.10. The molecule has 0 saturated carbocycles. The highest BCUT2D eigenvalue weighted by Crippen LogP contribution is 2.36. The molecule has 0 heterocycles. The van der Waals surface area contributed by atoms with Crippen molar-refractivity contribution < 1.29 is 9.84 Å². The molecular formula is C15H14BrCl2NO2. The third-order valence-electron chi connectivity index (χ3n) is 3.00. The largest absolute Gasteiger partial charge is 0.497 e. The van der Waals surface area contributed by atoms with E-state index in [-0.39, 0.29) is 0 Å². The lowest BCUT2D eigenvalue weighted by Gasteiger charge is -2.15. The minimum absolute atomic E-state index is 0.310. The summed E-state index contributed by atoms with van der Waals surface area (Å²) in [7, 11) is 1.59. The quantitative estimate of drug-likeness (QED) is 0.712. The van der Waals surface area contributed by atoms with Gasteiger partial charge in [0.05, 0.1) is 28.9 Å². The van der Waals surface area contributed by atoms with Crippen LogP contribution in [-0.4, -0.2) is 18.8 Å². The van der Waals surface area contributed by atoms with Crippen molar-refractivity contribution in [2.24, 2.45) is 0 Å². The molecular weight excluding hydrogens is 377 g/mol. The molecule has 2 rings (SSSR count). The molecule has 0 aliphatic heterocycles. The Hall–Kier alpha value is -0.940. The van der Waals surface area contributed by atoms with Crippen LogP contribution in [0.5, 0.6) is 5.75 Å². The van der Waals surface area contributed by atoms with Crippen LogP contribution >= 0.6 is 39.1 Å². The Kier molecular flexibility index (Phi) is 5.76. The summed E-state index contributed by atoms with van der Waals surface area (Å²) in [5, 5.41) is 14.2. The molecule has 0 aliphatic rings. The number of hydrogen-bond donors (Lipinski definition) is 2. The SMILES string of the molecule is COc1cccc(C(O)CNc2ccc(Br)c(Cl)c2Cl)c1. The number of rotatable bonds is 5. The Morgan fingerprint density at radius 2 is 2.00 bits per heavy atom. The lowest BCUT2D eigenvalue weighted by Crippen LogP contribution is -2.12. The summed E-state index contributed by atoms with van der Waals surface area (Å²) in [6, 6.07) is 10.9. The number of halogens is 3. The van der Waals surface area contributed by atoms with Crippen LogP contribution in [0.2, 0.25) is 10.0 Å². The maximum absolute atomic E-state index is 10.2. The average Bonchev–Trinajstić information content (AvgIpc) is 2.51. The Balaban J connectivity index is 2.07. The molecule has 1 unspecified atom stereocenters. The lowest BCUT2D eigenvalue weighted by atomic mass is 10.1. The second-order valence-electron chi connectivity index (χ2n) is 4.40. The maximum Gasteiger partial charge on any atom is 0.119 e. The Morgan fingerprint density at radius 1 is 1.24 bits per heavy atom. The van der Waals surface area contributed by atoms with Gasteiger partial charge in [0.15, 0.2) is 0 Å². The number of methoxy groups -OCH3 is 1. The van der Waals surface area contributed by atoms with E-state index in [9.17, 15) is 5.11 Å². The minimum atomic E-state index is -0.682. The molecule has 0 aromatic heterocycles. The van der Waals surface area contributed by atoms with Gasteiger partial charge in [-0.3, -0.25) is 0 Å². The molecule has 6 heteroatoms. The van der Waals surface area contributed by atoms with Crippen LogP contribution in [0.1, 0.15) is 11.7 Å². The molecule has 0 radical (unpaired) electrons. The first-order valence-electron chi connectivity index (χ1n) is 6.22. The second kappa shape index (κ2) is 7.36. The molecule has 0 saturated heterocycles. The molecule has 1 atom stereocenters. The fourth-order valence-corrected chi connectivity index (χ4v) is 2.68. The van der Waals surface area contributed by atoms with E-state index < -0.39 is 6.10 Å². The lowest BCUT2D eigenvalue weighted by molar-refractivity contribution is 0.191. The molecule has 0 fully saturated rings. The third kappa shape index (κ3) is 4.04.